The SMILES string of the molecule is CCCN1C(=S)N[C@H](c2ccc(O)c([N+](=O)[O-])c2)C(C(=O)OCC)=C1C. The van der Waals surface area contributed by atoms with Crippen molar-refractivity contribution in [2.24, 2.45) is 0 Å². The highest BCUT2D eigenvalue weighted by atomic mass is 32.1. The summed E-state index contributed by atoms with van der Waals surface area (Å²) < 4.78 is 5.18. The number of thiocarbonyl (C=S) groups is 1. The molecule has 2 N–H and O–H groups in total. The van der Waals surface area contributed by atoms with E-state index in [9.17, 15) is 20.0 Å². The predicted molar refractivity (Wildman–Crippen MR) is 99.6 cm³/mol. The Morgan fingerprint density at radius 1 is 1.46 bits per heavy atom. The number of ether oxygens (including phenoxy) is 1. The highest BCUT2D eigenvalue weighted by Crippen LogP contribution is 2.35. The standard InChI is InChI=1S/C17H21N3O5S/c1-4-8-19-10(3)14(16(22)25-5-2)15(18-17(19)26)11-6-7-13(21)12(9-11)20(23)24/h6-7,9,15,21H,4-5,8H2,1-3H3,(H,18,26)/t15-/m1/s1. The highest BCUT2D eigenvalue weighted by molar-refractivity contribution is 7.80. The van der Waals surface area contributed by atoms with E-state index in [1.807, 2.05) is 11.8 Å². The molecular formula is C17H21N3O5S. The van der Waals surface area contributed by atoms with E-state index in [0.29, 0.717) is 28.5 Å². The van der Waals surface area contributed by atoms with E-state index < -0.39 is 28.4 Å². The average molecular weight is 379 g/mol. The minimum absolute atomic E-state index is 0.205. The molecule has 1 aliphatic rings. The van der Waals surface area contributed by atoms with Gasteiger partial charge >= 0.3 is 11.7 Å². The molecule has 0 amide bonds. The van der Waals surface area contributed by atoms with Gasteiger partial charge in [0.1, 0.15) is 0 Å². The van der Waals surface area contributed by atoms with E-state index in [4.69, 9.17) is 17.0 Å². The summed E-state index contributed by atoms with van der Waals surface area (Å²) >= 11 is 5.41. The fourth-order valence-corrected chi connectivity index (χ4v) is 3.21. The molecule has 0 radical (unpaired) electrons. The minimum Gasteiger partial charge on any atom is -0.502 e. The first-order valence-electron chi connectivity index (χ1n) is 8.25. The number of esters is 1. The highest BCUT2D eigenvalue weighted by Gasteiger charge is 2.35. The summed E-state index contributed by atoms with van der Waals surface area (Å²) in [5, 5.41) is 24.3. The van der Waals surface area contributed by atoms with Gasteiger partial charge in [-0.1, -0.05) is 13.0 Å². The third-order valence-corrected chi connectivity index (χ3v) is 4.41. The summed E-state index contributed by atoms with van der Waals surface area (Å²) in [5.74, 6) is -0.954. The summed E-state index contributed by atoms with van der Waals surface area (Å²) in [4.78, 5) is 24.8. The summed E-state index contributed by atoms with van der Waals surface area (Å²) in [7, 11) is 0. The Balaban J connectivity index is 2.58. The van der Waals surface area contributed by atoms with Crippen LogP contribution in [0.2, 0.25) is 0 Å². The lowest BCUT2D eigenvalue weighted by atomic mass is 9.94. The van der Waals surface area contributed by atoms with Crippen molar-refractivity contribution in [3.05, 3.63) is 45.1 Å². The third-order valence-electron chi connectivity index (χ3n) is 4.07. The molecule has 0 spiro atoms. The zero-order valence-corrected chi connectivity index (χ0v) is 15.6. The number of benzene rings is 1. The molecule has 0 bridgehead atoms. The molecule has 140 valence electrons. The maximum absolute atomic E-state index is 12.6. The quantitative estimate of drug-likeness (QED) is 0.336. The van der Waals surface area contributed by atoms with Gasteiger partial charge in [0.05, 0.1) is 23.1 Å². The first-order valence-corrected chi connectivity index (χ1v) is 8.65. The monoisotopic (exact) mass is 379 g/mol. The van der Waals surface area contributed by atoms with Crippen molar-refractivity contribution >= 4 is 29.0 Å². The molecule has 0 fully saturated rings. The van der Waals surface area contributed by atoms with Crippen LogP contribution < -0.4 is 5.32 Å². The van der Waals surface area contributed by atoms with E-state index in [0.717, 1.165) is 6.42 Å². The molecule has 0 aliphatic carbocycles. The van der Waals surface area contributed by atoms with Crippen LogP contribution in [0.25, 0.3) is 0 Å². The van der Waals surface area contributed by atoms with Gasteiger partial charge in [-0.05, 0) is 44.1 Å². The van der Waals surface area contributed by atoms with Gasteiger partial charge in [-0.2, -0.15) is 0 Å². The third kappa shape index (κ3) is 3.77. The van der Waals surface area contributed by atoms with Gasteiger partial charge in [-0.3, -0.25) is 10.1 Å². The number of nitrogens with zero attached hydrogens (tertiary/aromatic N) is 2. The molecule has 8 nitrogen and oxygen atoms in total. The number of aromatic hydroxyl groups is 1. The lowest BCUT2D eigenvalue weighted by Gasteiger charge is -2.37. The first-order chi connectivity index (χ1) is 12.3. The molecule has 1 aromatic carbocycles. The molecular weight excluding hydrogens is 358 g/mol. The molecule has 1 aromatic rings. The van der Waals surface area contributed by atoms with Crippen LogP contribution in [0.4, 0.5) is 5.69 Å². The molecule has 26 heavy (non-hydrogen) atoms. The normalized spacial score (nSPS) is 17.1. The lowest BCUT2D eigenvalue weighted by Crippen LogP contribution is -2.48. The fraction of sp³-hybridized carbons (Fsp3) is 0.412. The van der Waals surface area contributed by atoms with Crippen molar-refractivity contribution in [3.8, 4) is 5.75 Å². The van der Waals surface area contributed by atoms with E-state index in [1.165, 1.54) is 18.2 Å². The largest absolute Gasteiger partial charge is 0.502 e. The molecule has 1 aliphatic heterocycles. The summed E-state index contributed by atoms with van der Waals surface area (Å²) in [6.07, 6.45) is 0.824. The number of carbonyl (C=O) groups excluding carboxylic acids is 1. The van der Waals surface area contributed by atoms with Crippen LogP contribution >= 0.6 is 12.2 Å². The molecule has 1 atom stereocenters. The Labute approximate surface area is 156 Å². The molecule has 2 rings (SSSR count). The number of nitrogens with one attached hydrogen (secondary N) is 1. The Hall–Kier alpha value is -2.68. The van der Waals surface area contributed by atoms with Gasteiger partial charge < -0.3 is 20.1 Å². The number of carbonyl (C=O) groups is 1. The van der Waals surface area contributed by atoms with E-state index in [-0.39, 0.29) is 6.61 Å². The Morgan fingerprint density at radius 3 is 2.73 bits per heavy atom. The van der Waals surface area contributed by atoms with Gasteiger partial charge in [0.2, 0.25) is 0 Å². The van der Waals surface area contributed by atoms with Crippen LogP contribution in [0.15, 0.2) is 29.5 Å². The van der Waals surface area contributed by atoms with E-state index in [1.54, 1.807) is 13.8 Å². The Morgan fingerprint density at radius 2 is 2.15 bits per heavy atom. The molecule has 0 saturated heterocycles. The molecule has 1 heterocycles. The summed E-state index contributed by atoms with van der Waals surface area (Å²) in [5.41, 5.74) is 0.992. The van der Waals surface area contributed by atoms with Crippen molar-refractivity contribution in [2.75, 3.05) is 13.2 Å². The van der Waals surface area contributed by atoms with Crippen molar-refractivity contribution < 1.29 is 19.6 Å². The number of hydrogen-bond donors (Lipinski definition) is 2. The zero-order chi connectivity index (χ0) is 19.4. The second-order valence-corrected chi connectivity index (χ2v) is 6.15. The van der Waals surface area contributed by atoms with E-state index >= 15 is 0 Å². The Bertz CT molecular complexity index is 778. The van der Waals surface area contributed by atoms with Crippen molar-refractivity contribution in [2.45, 2.75) is 33.2 Å². The average Bonchev–Trinajstić information content (AvgIpc) is 2.58. The van der Waals surface area contributed by atoms with Crippen molar-refractivity contribution in [3.63, 3.8) is 0 Å². The zero-order valence-electron chi connectivity index (χ0n) is 14.8. The lowest BCUT2D eigenvalue weighted by molar-refractivity contribution is -0.385. The summed E-state index contributed by atoms with van der Waals surface area (Å²) in [6, 6.07) is 3.28. The molecule has 0 saturated carbocycles. The number of phenolic OH excluding ortho intramolecular Hbond substituents is 1. The number of nitro groups is 1. The van der Waals surface area contributed by atoms with Crippen molar-refractivity contribution in [1.82, 2.24) is 10.2 Å². The van der Waals surface area contributed by atoms with Crippen LogP contribution in [0.5, 0.6) is 5.75 Å². The fourth-order valence-electron chi connectivity index (χ4n) is 2.86. The van der Waals surface area contributed by atoms with Crippen LogP contribution in [-0.2, 0) is 9.53 Å². The topological polar surface area (TPSA) is 105 Å². The smallest absolute Gasteiger partial charge is 0.338 e. The maximum atomic E-state index is 12.6. The predicted octanol–water partition coefficient (Wildman–Crippen LogP) is 2.78. The second kappa shape index (κ2) is 8.13. The van der Waals surface area contributed by atoms with Crippen LogP contribution in [0, 0.1) is 10.1 Å². The second-order valence-electron chi connectivity index (χ2n) is 5.76. The number of nitro benzene ring substituents is 1. The van der Waals surface area contributed by atoms with Gasteiger partial charge in [-0.15, -0.1) is 0 Å². The van der Waals surface area contributed by atoms with Crippen LogP contribution in [0.1, 0.15) is 38.8 Å². The number of rotatable bonds is 6. The van der Waals surface area contributed by atoms with Gasteiger partial charge in [0, 0.05) is 18.3 Å². The number of phenols is 1. The van der Waals surface area contributed by atoms with Crippen LogP contribution in [-0.4, -0.2) is 39.2 Å². The molecule has 9 heteroatoms. The molecule has 0 aromatic heterocycles. The number of hydrogen-bond acceptors (Lipinski definition) is 6. The minimum atomic E-state index is -0.700. The summed E-state index contributed by atoms with van der Waals surface area (Å²) in [6.45, 7) is 6.31. The maximum Gasteiger partial charge on any atom is 0.338 e. The number of allylic oxidation sites excluding steroid dienone is 1. The van der Waals surface area contributed by atoms with Gasteiger partial charge in [0.25, 0.3) is 0 Å². The van der Waals surface area contributed by atoms with Crippen LogP contribution in [0.3, 0.4) is 0 Å². The van der Waals surface area contributed by atoms with Crippen molar-refractivity contribution in [1.29, 1.82) is 0 Å². The van der Waals surface area contributed by atoms with Gasteiger partial charge in [0.15, 0.2) is 10.9 Å². The first kappa shape index (κ1) is 19.6. The Kier molecular flexibility index (Phi) is 6.14. The molecule has 0 unspecified atom stereocenters. The van der Waals surface area contributed by atoms with E-state index in [2.05, 4.69) is 5.32 Å². The van der Waals surface area contributed by atoms with Gasteiger partial charge in [-0.25, -0.2) is 4.79 Å².